The van der Waals surface area contributed by atoms with Crippen LogP contribution in [0.15, 0.2) is 48.7 Å². The third-order valence-corrected chi connectivity index (χ3v) is 2.38. The lowest BCUT2D eigenvalue weighted by molar-refractivity contribution is 0.212. The molecule has 2 N–H and O–H groups in total. The Morgan fingerprint density at radius 3 is 2.39 bits per heavy atom. The minimum absolute atomic E-state index is 0.462. The molecule has 0 aliphatic carbocycles. The molecule has 0 unspecified atom stereocenters. The Bertz CT molecular complexity index is 457. The van der Waals surface area contributed by atoms with E-state index in [0.29, 0.717) is 25.6 Å². The highest BCUT2D eigenvalue weighted by molar-refractivity contribution is 5.21. The molecule has 0 saturated heterocycles. The van der Waals surface area contributed by atoms with E-state index in [4.69, 9.17) is 15.2 Å². The third kappa shape index (κ3) is 3.75. The number of para-hydroxylation sites is 1. The zero-order valence-corrected chi connectivity index (χ0v) is 10.1. The van der Waals surface area contributed by atoms with Crippen LogP contribution in [0.1, 0.15) is 5.56 Å². The number of aromatic nitrogens is 1. The Labute approximate surface area is 106 Å². The maximum atomic E-state index is 5.50. The van der Waals surface area contributed by atoms with Gasteiger partial charge in [-0.25, -0.2) is 4.98 Å². The summed E-state index contributed by atoms with van der Waals surface area (Å²) in [7, 11) is 0. The lowest BCUT2D eigenvalue weighted by Gasteiger charge is -2.07. The van der Waals surface area contributed by atoms with Crippen LogP contribution in [0.4, 0.5) is 0 Å². The van der Waals surface area contributed by atoms with Gasteiger partial charge in [0, 0.05) is 18.8 Å². The van der Waals surface area contributed by atoms with E-state index >= 15 is 0 Å². The van der Waals surface area contributed by atoms with Gasteiger partial charge in [-0.2, -0.15) is 0 Å². The topological polar surface area (TPSA) is 57.4 Å². The molecule has 18 heavy (non-hydrogen) atoms. The first-order valence-electron chi connectivity index (χ1n) is 5.84. The van der Waals surface area contributed by atoms with E-state index in [1.54, 1.807) is 6.20 Å². The van der Waals surface area contributed by atoms with Crippen LogP contribution in [-0.2, 0) is 6.54 Å². The van der Waals surface area contributed by atoms with Gasteiger partial charge in [-0.15, -0.1) is 0 Å². The van der Waals surface area contributed by atoms with Crippen LogP contribution < -0.4 is 15.2 Å². The molecule has 2 rings (SSSR count). The van der Waals surface area contributed by atoms with E-state index in [2.05, 4.69) is 4.98 Å². The summed E-state index contributed by atoms with van der Waals surface area (Å²) in [6, 6.07) is 13.4. The first-order valence-corrected chi connectivity index (χ1v) is 5.84. The second-order valence-electron chi connectivity index (χ2n) is 3.72. The molecule has 0 spiro atoms. The van der Waals surface area contributed by atoms with E-state index in [0.717, 1.165) is 11.3 Å². The van der Waals surface area contributed by atoms with E-state index in [-0.39, 0.29) is 0 Å². The number of nitrogens with two attached hydrogens (primary N) is 1. The van der Waals surface area contributed by atoms with Gasteiger partial charge < -0.3 is 15.2 Å². The largest absolute Gasteiger partial charge is 0.490 e. The highest BCUT2D eigenvalue weighted by Gasteiger charge is 1.96. The quantitative estimate of drug-likeness (QED) is 0.790. The zero-order valence-electron chi connectivity index (χ0n) is 10.1. The monoisotopic (exact) mass is 244 g/mol. The number of nitrogens with zero attached hydrogens (tertiary/aromatic N) is 1. The van der Waals surface area contributed by atoms with Crippen molar-refractivity contribution in [2.24, 2.45) is 5.73 Å². The van der Waals surface area contributed by atoms with Gasteiger partial charge in [0.2, 0.25) is 5.88 Å². The molecule has 2 aromatic rings. The van der Waals surface area contributed by atoms with Crippen LogP contribution in [0.25, 0.3) is 0 Å². The molecule has 94 valence electrons. The molecule has 1 heterocycles. The van der Waals surface area contributed by atoms with Crippen molar-refractivity contribution < 1.29 is 9.47 Å². The van der Waals surface area contributed by atoms with Crippen LogP contribution in [0.3, 0.4) is 0 Å². The van der Waals surface area contributed by atoms with Crippen molar-refractivity contribution in [1.82, 2.24) is 4.98 Å². The zero-order chi connectivity index (χ0) is 12.6. The standard InChI is InChI=1S/C14H16N2O2/c15-10-12-6-7-14(16-11-12)18-9-8-17-13-4-2-1-3-5-13/h1-7,11H,8-10,15H2. The Hall–Kier alpha value is -2.07. The number of rotatable bonds is 6. The number of hydrogen-bond acceptors (Lipinski definition) is 4. The molecule has 0 bridgehead atoms. The SMILES string of the molecule is NCc1ccc(OCCOc2ccccc2)nc1. The molecule has 0 aliphatic heterocycles. The number of pyridine rings is 1. The van der Waals surface area contributed by atoms with E-state index in [1.165, 1.54) is 0 Å². The van der Waals surface area contributed by atoms with Gasteiger partial charge in [0.25, 0.3) is 0 Å². The summed E-state index contributed by atoms with van der Waals surface area (Å²) >= 11 is 0. The Kier molecular flexibility index (Phi) is 4.55. The molecule has 1 aromatic heterocycles. The Morgan fingerprint density at radius 2 is 1.72 bits per heavy atom. The second kappa shape index (κ2) is 6.61. The van der Waals surface area contributed by atoms with Gasteiger partial charge in [0.05, 0.1) is 0 Å². The first kappa shape index (κ1) is 12.4. The van der Waals surface area contributed by atoms with Crippen molar-refractivity contribution >= 4 is 0 Å². The van der Waals surface area contributed by atoms with Gasteiger partial charge in [0.1, 0.15) is 19.0 Å². The molecule has 0 radical (unpaired) electrons. The number of hydrogen-bond donors (Lipinski definition) is 1. The van der Waals surface area contributed by atoms with Crippen LogP contribution in [0, 0.1) is 0 Å². The van der Waals surface area contributed by atoms with Crippen LogP contribution in [-0.4, -0.2) is 18.2 Å². The van der Waals surface area contributed by atoms with Crippen LogP contribution in [0.2, 0.25) is 0 Å². The van der Waals surface area contributed by atoms with E-state index in [1.807, 2.05) is 42.5 Å². The Balaban J connectivity index is 1.72. The van der Waals surface area contributed by atoms with Crippen molar-refractivity contribution in [1.29, 1.82) is 0 Å². The predicted molar refractivity (Wildman–Crippen MR) is 69.6 cm³/mol. The van der Waals surface area contributed by atoms with E-state index in [9.17, 15) is 0 Å². The summed E-state index contributed by atoms with van der Waals surface area (Å²) < 4.78 is 11.0. The fourth-order valence-electron chi connectivity index (χ4n) is 1.44. The van der Waals surface area contributed by atoms with Crippen LogP contribution in [0.5, 0.6) is 11.6 Å². The lowest BCUT2D eigenvalue weighted by atomic mass is 10.3. The van der Waals surface area contributed by atoms with Crippen molar-refractivity contribution in [2.45, 2.75) is 6.54 Å². The van der Waals surface area contributed by atoms with Crippen molar-refractivity contribution in [3.05, 3.63) is 54.2 Å². The molecule has 0 fully saturated rings. The van der Waals surface area contributed by atoms with Gasteiger partial charge in [-0.3, -0.25) is 0 Å². The molecule has 0 aliphatic rings. The van der Waals surface area contributed by atoms with Crippen LogP contribution >= 0.6 is 0 Å². The van der Waals surface area contributed by atoms with Gasteiger partial charge in [0.15, 0.2) is 0 Å². The molecule has 4 heteroatoms. The number of ether oxygens (including phenoxy) is 2. The summed E-state index contributed by atoms with van der Waals surface area (Å²) in [6.45, 7) is 1.44. The third-order valence-electron chi connectivity index (χ3n) is 2.38. The second-order valence-corrected chi connectivity index (χ2v) is 3.72. The van der Waals surface area contributed by atoms with E-state index < -0.39 is 0 Å². The lowest BCUT2D eigenvalue weighted by Crippen LogP contribution is -2.09. The normalized spacial score (nSPS) is 10.1. The molecule has 4 nitrogen and oxygen atoms in total. The van der Waals surface area contributed by atoms with Crippen molar-refractivity contribution in [3.63, 3.8) is 0 Å². The summed E-state index contributed by atoms with van der Waals surface area (Å²) in [5, 5.41) is 0. The average molecular weight is 244 g/mol. The Morgan fingerprint density at radius 1 is 0.944 bits per heavy atom. The molecule has 0 amide bonds. The van der Waals surface area contributed by atoms with Crippen molar-refractivity contribution in [2.75, 3.05) is 13.2 Å². The highest BCUT2D eigenvalue weighted by atomic mass is 16.5. The maximum absolute atomic E-state index is 5.50. The van der Waals surface area contributed by atoms with Gasteiger partial charge in [-0.1, -0.05) is 24.3 Å². The molecular formula is C14H16N2O2. The molecule has 0 atom stereocenters. The summed E-state index contributed by atoms with van der Waals surface area (Å²) in [4.78, 5) is 4.14. The predicted octanol–water partition coefficient (Wildman–Crippen LogP) is 2.00. The smallest absolute Gasteiger partial charge is 0.213 e. The highest BCUT2D eigenvalue weighted by Crippen LogP contribution is 2.09. The van der Waals surface area contributed by atoms with Gasteiger partial charge >= 0.3 is 0 Å². The van der Waals surface area contributed by atoms with Gasteiger partial charge in [-0.05, 0) is 17.7 Å². The summed E-state index contributed by atoms with van der Waals surface area (Å²) in [6.07, 6.45) is 1.72. The minimum atomic E-state index is 0.462. The number of benzene rings is 1. The fraction of sp³-hybridized carbons (Fsp3) is 0.214. The first-order chi connectivity index (χ1) is 8.88. The average Bonchev–Trinajstić information content (AvgIpc) is 2.45. The minimum Gasteiger partial charge on any atom is -0.490 e. The molecular weight excluding hydrogens is 228 g/mol. The van der Waals surface area contributed by atoms with Crippen molar-refractivity contribution in [3.8, 4) is 11.6 Å². The molecule has 1 aromatic carbocycles. The summed E-state index contributed by atoms with van der Waals surface area (Å²) in [5.41, 5.74) is 6.47. The summed E-state index contributed by atoms with van der Waals surface area (Å²) in [5.74, 6) is 1.43. The fourth-order valence-corrected chi connectivity index (χ4v) is 1.44. The molecule has 0 saturated carbocycles. The maximum Gasteiger partial charge on any atom is 0.213 e.